The molecule has 2 aromatic carbocycles. The number of carbonyl (C=O) groups excluding carboxylic acids is 1. The minimum atomic E-state index is -0.964. The van der Waals surface area contributed by atoms with E-state index in [1.54, 1.807) is 23.0 Å². The van der Waals surface area contributed by atoms with Gasteiger partial charge in [-0.25, -0.2) is 8.78 Å². The van der Waals surface area contributed by atoms with Crippen LogP contribution >= 0.6 is 0 Å². The second kappa shape index (κ2) is 6.11. The highest BCUT2D eigenvalue weighted by Crippen LogP contribution is 2.26. The molecule has 0 aliphatic carbocycles. The average molecular weight is 352 g/mol. The third kappa shape index (κ3) is 2.83. The van der Waals surface area contributed by atoms with Crippen molar-refractivity contribution < 1.29 is 13.6 Å². The fourth-order valence-corrected chi connectivity index (χ4v) is 2.80. The number of fused-ring (bicyclic) bond motifs is 1. The van der Waals surface area contributed by atoms with Gasteiger partial charge in [0.25, 0.3) is 5.91 Å². The lowest BCUT2D eigenvalue weighted by Gasteiger charge is -2.05. The SMILES string of the molecule is Cn1cc(-c2ccc(C(=O)Nc3c[nH]c4cc(F)c(F)cc34)cc2)cn1. The Labute approximate surface area is 147 Å². The molecule has 26 heavy (non-hydrogen) atoms. The van der Waals surface area contributed by atoms with Crippen LogP contribution in [0.25, 0.3) is 22.0 Å². The summed E-state index contributed by atoms with van der Waals surface area (Å²) in [5.74, 6) is -2.25. The van der Waals surface area contributed by atoms with E-state index in [1.807, 2.05) is 25.4 Å². The van der Waals surface area contributed by atoms with E-state index in [9.17, 15) is 13.6 Å². The number of aryl methyl sites for hydroxylation is 1. The molecule has 0 saturated carbocycles. The lowest BCUT2D eigenvalue weighted by molar-refractivity contribution is 0.102. The van der Waals surface area contributed by atoms with Crippen molar-refractivity contribution in [3.63, 3.8) is 0 Å². The number of hydrogen-bond acceptors (Lipinski definition) is 2. The highest BCUT2D eigenvalue weighted by atomic mass is 19.2. The van der Waals surface area contributed by atoms with Gasteiger partial charge in [0, 0.05) is 42.0 Å². The normalized spacial score (nSPS) is 11.0. The first-order valence-corrected chi connectivity index (χ1v) is 7.88. The number of halogens is 2. The van der Waals surface area contributed by atoms with Crippen LogP contribution in [0.4, 0.5) is 14.5 Å². The summed E-state index contributed by atoms with van der Waals surface area (Å²) >= 11 is 0. The zero-order valence-corrected chi connectivity index (χ0v) is 13.8. The van der Waals surface area contributed by atoms with Gasteiger partial charge in [0.2, 0.25) is 0 Å². The standard InChI is InChI=1S/C19H14F2N4O/c1-25-10-13(8-23-25)11-2-4-12(5-3-11)19(26)24-18-9-22-17-7-16(21)15(20)6-14(17)18/h2-10,22H,1H3,(H,24,26). The monoisotopic (exact) mass is 352 g/mol. The zero-order chi connectivity index (χ0) is 18.3. The predicted molar refractivity (Wildman–Crippen MR) is 94.8 cm³/mol. The first kappa shape index (κ1) is 16.0. The largest absolute Gasteiger partial charge is 0.359 e. The van der Waals surface area contributed by atoms with E-state index < -0.39 is 11.6 Å². The van der Waals surface area contributed by atoms with Gasteiger partial charge in [-0.15, -0.1) is 0 Å². The molecule has 0 aliphatic heterocycles. The molecule has 5 nitrogen and oxygen atoms in total. The van der Waals surface area contributed by atoms with Crippen molar-refractivity contribution in [3.05, 3.63) is 72.2 Å². The molecule has 0 fully saturated rings. The van der Waals surface area contributed by atoms with Crippen LogP contribution in [0.1, 0.15) is 10.4 Å². The van der Waals surface area contributed by atoms with E-state index in [0.717, 1.165) is 23.3 Å². The Morgan fingerprint density at radius 2 is 1.85 bits per heavy atom. The number of anilines is 1. The van der Waals surface area contributed by atoms with E-state index in [-0.39, 0.29) is 5.91 Å². The van der Waals surface area contributed by atoms with E-state index >= 15 is 0 Å². The molecule has 0 radical (unpaired) electrons. The molecule has 1 amide bonds. The van der Waals surface area contributed by atoms with E-state index in [2.05, 4.69) is 15.4 Å². The third-order valence-corrected chi connectivity index (χ3v) is 4.16. The maximum atomic E-state index is 13.5. The van der Waals surface area contributed by atoms with Crippen molar-refractivity contribution in [1.82, 2.24) is 14.8 Å². The number of amides is 1. The van der Waals surface area contributed by atoms with Crippen LogP contribution in [0, 0.1) is 11.6 Å². The van der Waals surface area contributed by atoms with Gasteiger partial charge in [-0.3, -0.25) is 9.48 Å². The summed E-state index contributed by atoms with van der Waals surface area (Å²) in [5.41, 5.74) is 3.15. The van der Waals surface area contributed by atoms with Gasteiger partial charge >= 0.3 is 0 Å². The van der Waals surface area contributed by atoms with Crippen LogP contribution < -0.4 is 5.32 Å². The Kier molecular flexibility index (Phi) is 3.76. The molecular formula is C19H14F2N4O. The van der Waals surface area contributed by atoms with Crippen molar-refractivity contribution >= 4 is 22.5 Å². The lowest BCUT2D eigenvalue weighted by Crippen LogP contribution is -2.11. The molecule has 4 aromatic rings. The first-order valence-electron chi connectivity index (χ1n) is 7.88. The number of H-pyrrole nitrogens is 1. The lowest BCUT2D eigenvalue weighted by atomic mass is 10.1. The molecule has 0 bridgehead atoms. The van der Waals surface area contributed by atoms with Crippen LogP contribution in [0.15, 0.2) is 55.0 Å². The van der Waals surface area contributed by atoms with Crippen molar-refractivity contribution in [2.75, 3.05) is 5.32 Å². The Hall–Kier alpha value is -3.48. The minimum Gasteiger partial charge on any atom is -0.359 e. The van der Waals surface area contributed by atoms with Crippen molar-refractivity contribution in [2.24, 2.45) is 7.05 Å². The van der Waals surface area contributed by atoms with E-state index in [0.29, 0.717) is 22.2 Å². The molecule has 2 aromatic heterocycles. The Morgan fingerprint density at radius 3 is 2.54 bits per heavy atom. The molecule has 0 saturated heterocycles. The number of aromatic nitrogens is 3. The summed E-state index contributed by atoms with van der Waals surface area (Å²) in [7, 11) is 1.83. The number of rotatable bonds is 3. The molecule has 7 heteroatoms. The first-order chi connectivity index (χ1) is 12.5. The number of nitrogens with zero attached hydrogens (tertiary/aromatic N) is 2. The molecule has 0 atom stereocenters. The highest BCUT2D eigenvalue weighted by Gasteiger charge is 2.13. The molecule has 0 aliphatic rings. The number of carbonyl (C=O) groups is 1. The Morgan fingerprint density at radius 1 is 1.12 bits per heavy atom. The minimum absolute atomic E-state index is 0.339. The summed E-state index contributed by atoms with van der Waals surface area (Å²) < 4.78 is 28.4. The van der Waals surface area contributed by atoms with Gasteiger partial charge < -0.3 is 10.3 Å². The van der Waals surface area contributed by atoms with E-state index in [1.165, 1.54) is 6.20 Å². The Bertz CT molecular complexity index is 1110. The second-order valence-corrected chi connectivity index (χ2v) is 5.95. The average Bonchev–Trinajstić information content (AvgIpc) is 3.22. The van der Waals surface area contributed by atoms with Gasteiger partial charge in [-0.05, 0) is 23.8 Å². The van der Waals surface area contributed by atoms with Crippen LogP contribution in [-0.2, 0) is 7.05 Å². The number of hydrogen-bond donors (Lipinski definition) is 2. The molecule has 0 unspecified atom stereocenters. The quantitative estimate of drug-likeness (QED) is 0.583. The molecule has 0 spiro atoms. The van der Waals surface area contributed by atoms with Gasteiger partial charge in [0.05, 0.1) is 17.4 Å². The molecule has 4 rings (SSSR count). The molecule has 2 N–H and O–H groups in total. The zero-order valence-electron chi connectivity index (χ0n) is 13.8. The molecule has 2 heterocycles. The number of aromatic amines is 1. The second-order valence-electron chi connectivity index (χ2n) is 5.95. The summed E-state index contributed by atoms with van der Waals surface area (Å²) in [6.45, 7) is 0. The van der Waals surface area contributed by atoms with Gasteiger partial charge in [-0.2, -0.15) is 5.10 Å². The van der Waals surface area contributed by atoms with Crippen LogP contribution in [0.3, 0.4) is 0 Å². The van der Waals surface area contributed by atoms with Crippen LogP contribution in [0.2, 0.25) is 0 Å². The Balaban J connectivity index is 1.58. The van der Waals surface area contributed by atoms with E-state index in [4.69, 9.17) is 0 Å². The summed E-state index contributed by atoms with van der Waals surface area (Å²) in [5, 5.41) is 7.24. The van der Waals surface area contributed by atoms with Gasteiger partial charge in [-0.1, -0.05) is 12.1 Å². The van der Waals surface area contributed by atoms with Crippen molar-refractivity contribution in [2.45, 2.75) is 0 Å². The smallest absolute Gasteiger partial charge is 0.255 e. The summed E-state index contributed by atoms with van der Waals surface area (Å²) in [6, 6.07) is 9.18. The van der Waals surface area contributed by atoms with Gasteiger partial charge in [0.1, 0.15) is 0 Å². The van der Waals surface area contributed by atoms with Crippen molar-refractivity contribution in [1.29, 1.82) is 0 Å². The topological polar surface area (TPSA) is 62.7 Å². The highest BCUT2D eigenvalue weighted by molar-refractivity contribution is 6.09. The predicted octanol–water partition coefficient (Wildman–Crippen LogP) is 4.10. The van der Waals surface area contributed by atoms with Crippen molar-refractivity contribution in [3.8, 4) is 11.1 Å². The summed E-state index contributed by atoms with van der Waals surface area (Å²) in [6.07, 6.45) is 5.13. The molecular weight excluding hydrogens is 338 g/mol. The van der Waals surface area contributed by atoms with Crippen LogP contribution in [-0.4, -0.2) is 20.7 Å². The molecule has 130 valence electrons. The van der Waals surface area contributed by atoms with Crippen LogP contribution in [0.5, 0.6) is 0 Å². The third-order valence-electron chi connectivity index (χ3n) is 4.16. The maximum absolute atomic E-state index is 13.5. The number of nitrogens with one attached hydrogen (secondary N) is 2. The fourth-order valence-electron chi connectivity index (χ4n) is 2.80. The summed E-state index contributed by atoms with van der Waals surface area (Å²) in [4.78, 5) is 15.3. The number of benzene rings is 2. The fraction of sp³-hybridized carbons (Fsp3) is 0.0526. The van der Waals surface area contributed by atoms with Gasteiger partial charge in [0.15, 0.2) is 11.6 Å². The maximum Gasteiger partial charge on any atom is 0.255 e.